The van der Waals surface area contributed by atoms with Crippen LogP contribution in [0.5, 0.6) is 0 Å². The van der Waals surface area contributed by atoms with Crippen molar-refractivity contribution in [3.63, 3.8) is 0 Å². The molecule has 2 aromatic heterocycles. The molecule has 0 bridgehead atoms. The highest BCUT2D eigenvalue weighted by Gasteiger charge is 2.38. The maximum Gasteiger partial charge on any atom is 0.339 e. The Hall–Kier alpha value is -1.62. The number of hydrogen-bond acceptors (Lipinski definition) is 4. The van der Waals surface area contributed by atoms with Crippen molar-refractivity contribution >= 4 is 23.2 Å². The third-order valence-electron chi connectivity index (χ3n) is 4.59. The van der Waals surface area contributed by atoms with E-state index in [1.165, 1.54) is 20.0 Å². The first-order valence-electron chi connectivity index (χ1n) is 7.24. The number of carbonyl (C=O) groups is 1. The number of esters is 1. The minimum Gasteiger partial charge on any atom is -0.465 e. The molecule has 0 radical (unpaired) electrons. The van der Waals surface area contributed by atoms with E-state index < -0.39 is 5.97 Å². The van der Waals surface area contributed by atoms with Crippen LogP contribution < -0.4 is 0 Å². The molecule has 21 heavy (non-hydrogen) atoms. The van der Waals surface area contributed by atoms with Gasteiger partial charge >= 0.3 is 5.97 Å². The van der Waals surface area contributed by atoms with Gasteiger partial charge in [-0.2, -0.15) is 0 Å². The van der Waals surface area contributed by atoms with Crippen LogP contribution in [-0.4, -0.2) is 27.7 Å². The van der Waals surface area contributed by atoms with E-state index in [0.717, 1.165) is 25.1 Å². The van der Waals surface area contributed by atoms with Gasteiger partial charge in [0.2, 0.25) is 0 Å². The van der Waals surface area contributed by atoms with E-state index in [4.69, 9.17) is 16.3 Å². The van der Waals surface area contributed by atoms with Crippen LogP contribution in [0.3, 0.4) is 0 Å². The normalized spacial score (nSPS) is 17.3. The molecule has 0 saturated heterocycles. The first-order chi connectivity index (χ1) is 10.1. The van der Waals surface area contributed by atoms with Crippen LogP contribution in [0.1, 0.15) is 55.2 Å². The predicted octanol–water partition coefficient (Wildman–Crippen LogP) is 3.39. The quantitative estimate of drug-likeness (QED) is 0.816. The van der Waals surface area contributed by atoms with E-state index in [0.29, 0.717) is 16.2 Å². The largest absolute Gasteiger partial charge is 0.465 e. The fourth-order valence-corrected chi connectivity index (χ4v) is 3.58. The average molecular weight is 308 g/mol. The average Bonchev–Trinajstić information content (AvgIpc) is 3.13. The molecule has 0 aromatic carbocycles. The summed E-state index contributed by atoms with van der Waals surface area (Å²) in [6, 6.07) is 1.58. The Morgan fingerprint density at radius 1 is 1.43 bits per heavy atom. The second-order valence-corrected chi connectivity index (χ2v) is 6.03. The summed E-state index contributed by atoms with van der Waals surface area (Å²) in [5.74, 6) is 0.501. The van der Waals surface area contributed by atoms with E-state index in [-0.39, 0.29) is 5.41 Å². The molecular formula is C15H18ClN3O2. The fourth-order valence-electron chi connectivity index (χ4n) is 3.33. The lowest BCUT2D eigenvalue weighted by Crippen LogP contribution is -2.24. The van der Waals surface area contributed by atoms with Crippen LogP contribution in [0.25, 0.3) is 5.65 Å². The number of halogens is 1. The number of fused-ring (bicyclic) bond motifs is 1. The number of aromatic nitrogens is 3. The zero-order chi connectivity index (χ0) is 15.0. The second kappa shape index (κ2) is 5.30. The third-order valence-corrected chi connectivity index (χ3v) is 4.87. The molecule has 2 aromatic rings. The number of carbonyl (C=O) groups excluding carboxylic acids is 1. The molecule has 1 fully saturated rings. The van der Waals surface area contributed by atoms with Gasteiger partial charge in [0.15, 0.2) is 5.65 Å². The summed E-state index contributed by atoms with van der Waals surface area (Å²) in [5.41, 5.74) is 1.05. The summed E-state index contributed by atoms with van der Waals surface area (Å²) < 4.78 is 6.65. The molecule has 2 heterocycles. The van der Waals surface area contributed by atoms with E-state index in [1.54, 1.807) is 12.3 Å². The highest BCUT2D eigenvalue weighted by molar-refractivity contribution is 6.33. The third kappa shape index (κ3) is 2.20. The molecule has 6 heteroatoms. The molecule has 5 nitrogen and oxygen atoms in total. The Morgan fingerprint density at radius 3 is 2.76 bits per heavy atom. The number of hydrogen-bond donors (Lipinski definition) is 0. The van der Waals surface area contributed by atoms with Crippen LogP contribution in [0.15, 0.2) is 12.3 Å². The van der Waals surface area contributed by atoms with E-state index >= 15 is 0 Å². The molecular weight excluding hydrogens is 290 g/mol. The highest BCUT2D eigenvalue weighted by atomic mass is 35.5. The Morgan fingerprint density at radius 2 is 2.14 bits per heavy atom. The minimum absolute atomic E-state index is 0.0392. The van der Waals surface area contributed by atoms with Crippen molar-refractivity contribution in [3.05, 3.63) is 28.7 Å². The second-order valence-electron chi connectivity index (χ2n) is 5.63. The zero-order valence-corrected chi connectivity index (χ0v) is 13.0. The topological polar surface area (TPSA) is 56.5 Å². The summed E-state index contributed by atoms with van der Waals surface area (Å²) in [6.07, 6.45) is 7.35. The molecule has 3 rings (SSSR count). The van der Waals surface area contributed by atoms with Gasteiger partial charge in [0.1, 0.15) is 5.82 Å². The summed E-state index contributed by atoms with van der Waals surface area (Å²) in [7, 11) is 1.36. The molecule has 0 amide bonds. The summed E-state index contributed by atoms with van der Waals surface area (Å²) in [6.45, 7) is 2.18. The van der Waals surface area contributed by atoms with Gasteiger partial charge < -0.3 is 4.74 Å². The summed E-state index contributed by atoms with van der Waals surface area (Å²) >= 11 is 6.24. The monoisotopic (exact) mass is 307 g/mol. The van der Waals surface area contributed by atoms with Gasteiger partial charge in [-0.05, 0) is 25.3 Å². The Balaban J connectivity index is 2.20. The molecule has 1 aliphatic rings. The predicted molar refractivity (Wildman–Crippen MR) is 79.8 cm³/mol. The van der Waals surface area contributed by atoms with Crippen molar-refractivity contribution in [3.8, 4) is 0 Å². The van der Waals surface area contributed by atoms with Crippen LogP contribution in [0.4, 0.5) is 0 Å². The SMILES string of the molecule is CCC1(c2nnc3c(Cl)cc(C(=O)OC)cn23)CCCC1. The first kappa shape index (κ1) is 14.3. The highest BCUT2D eigenvalue weighted by Crippen LogP contribution is 2.43. The van der Waals surface area contributed by atoms with Crippen LogP contribution in [-0.2, 0) is 10.2 Å². The molecule has 0 N–H and O–H groups in total. The van der Waals surface area contributed by atoms with Gasteiger partial charge in [0.25, 0.3) is 0 Å². The maximum atomic E-state index is 11.8. The molecule has 0 aliphatic heterocycles. The molecule has 1 aliphatic carbocycles. The lowest BCUT2D eigenvalue weighted by Gasteiger charge is -2.25. The van der Waals surface area contributed by atoms with Crippen molar-refractivity contribution in [2.24, 2.45) is 0 Å². The fraction of sp³-hybridized carbons (Fsp3) is 0.533. The number of pyridine rings is 1. The molecule has 0 atom stereocenters. The van der Waals surface area contributed by atoms with Crippen LogP contribution in [0, 0.1) is 0 Å². The number of nitrogens with zero attached hydrogens (tertiary/aromatic N) is 3. The van der Waals surface area contributed by atoms with Gasteiger partial charge in [0, 0.05) is 11.6 Å². The van der Waals surface area contributed by atoms with E-state index in [2.05, 4.69) is 17.1 Å². The molecule has 0 spiro atoms. The number of rotatable bonds is 3. The molecule has 112 valence electrons. The maximum absolute atomic E-state index is 11.8. The molecule has 1 saturated carbocycles. The van der Waals surface area contributed by atoms with Crippen LogP contribution >= 0.6 is 11.6 Å². The van der Waals surface area contributed by atoms with Gasteiger partial charge in [-0.3, -0.25) is 4.40 Å². The van der Waals surface area contributed by atoms with Crippen LogP contribution in [0.2, 0.25) is 5.02 Å². The molecule has 0 unspecified atom stereocenters. The van der Waals surface area contributed by atoms with Crippen molar-refractivity contribution in [2.75, 3.05) is 7.11 Å². The van der Waals surface area contributed by atoms with E-state index in [9.17, 15) is 4.79 Å². The van der Waals surface area contributed by atoms with Crippen molar-refractivity contribution in [1.29, 1.82) is 0 Å². The Labute approximate surface area is 128 Å². The van der Waals surface area contributed by atoms with Gasteiger partial charge in [0.05, 0.1) is 17.7 Å². The first-order valence-corrected chi connectivity index (χ1v) is 7.62. The number of ether oxygens (including phenoxy) is 1. The minimum atomic E-state index is -0.407. The lowest BCUT2D eigenvalue weighted by atomic mass is 9.82. The zero-order valence-electron chi connectivity index (χ0n) is 12.2. The van der Waals surface area contributed by atoms with Crippen molar-refractivity contribution < 1.29 is 9.53 Å². The standard InChI is InChI=1S/C15H18ClN3O2/c1-3-15(6-4-5-7-15)14-18-17-12-11(16)8-10(9-19(12)14)13(20)21-2/h8-9H,3-7H2,1-2H3. The lowest BCUT2D eigenvalue weighted by molar-refractivity contribution is 0.0600. The Bertz CT molecular complexity index is 690. The van der Waals surface area contributed by atoms with Gasteiger partial charge in [-0.25, -0.2) is 4.79 Å². The van der Waals surface area contributed by atoms with Crippen molar-refractivity contribution in [2.45, 2.75) is 44.4 Å². The summed E-state index contributed by atoms with van der Waals surface area (Å²) in [4.78, 5) is 11.8. The van der Waals surface area contributed by atoms with Gasteiger partial charge in [-0.15, -0.1) is 10.2 Å². The summed E-state index contributed by atoms with van der Waals surface area (Å²) in [5, 5.41) is 9.01. The van der Waals surface area contributed by atoms with Crippen molar-refractivity contribution in [1.82, 2.24) is 14.6 Å². The number of methoxy groups -OCH3 is 1. The van der Waals surface area contributed by atoms with Gasteiger partial charge in [-0.1, -0.05) is 31.4 Å². The Kier molecular flexibility index (Phi) is 3.61. The smallest absolute Gasteiger partial charge is 0.339 e. The van der Waals surface area contributed by atoms with E-state index in [1.807, 2.05) is 4.40 Å².